The van der Waals surface area contributed by atoms with E-state index in [1.54, 1.807) is 0 Å². The summed E-state index contributed by atoms with van der Waals surface area (Å²) < 4.78 is 11.2. The first-order valence-corrected chi connectivity index (χ1v) is 9.69. The monoisotopic (exact) mass is 469 g/mol. The van der Waals surface area contributed by atoms with Gasteiger partial charge in [-0.05, 0) is 50.4 Å². The van der Waals surface area contributed by atoms with E-state index in [1.807, 2.05) is 0 Å². The molecule has 0 bridgehead atoms. The van der Waals surface area contributed by atoms with E-state index in [0.717, 1.165) is 71.3 Å². The average Bonchev–Trinajstić information content (AvgIpc) is 2.54. The van der Waals surface area contributed by atoms with Gasteiger partial charge in [0.05, 0.1) is 0 Å². The third kappa shape index (κ3) is 14.7. The van der Waals surface area contributed by atoms with Gasteiger partial charge in [0.1, 0.15) is 0 Å². The van der Waals surface area contributed by atoms with E-state index in [9.17, 15) is 0 Å². The molecule has 0 radical (unpaired) electrons. The minimum Gasteiger partial charge on any atom is -0.381 e. The first kappa shape index (κ1) is 24.9. The molecule has 0 aromatic heterocycles. The molecule has 0 saturated carbocycles. The lowest BCUT2D eigenvalue weighted by atomic mass is 9.91. The molecule has 0 unspecified atom stereocenters. The number of hydrogen-bond acceptors (Lipinski definition) is 3. The molecular formula is C19H40IN3O2. The van der Waals surface area contributed by atoms with Crippen LogP contribution >= 0.6 is 24.0 Å². The van der Waals surface area contributed by atoms with Crippen molar-refractivity contribution in [3.8, 4) is 0 Å². The minimum absolute atomic E-state index is 0. The summed E-state index contributed by atoms with van der Waals surface area (Å²) in [7, 11) is 0. The molecule has 0 aromatic rings. The van der Waals surface area contributed by atoms with Crippen LogP contribution < -0.4 is 10.6 Å². The Labute approximate surface area is 172 Å². The molecule has 1 aliphatic rings. The third-order valence-corrected chi connectivity index (χ3v) is 4.15. The van der Waals surface area contributed by atoms with Gasteiger partial charge in [0, 0.05) is 46.1 Å². The topological polar surface area (TPSA) is 54.9 Å². The smallest absolute Gasteiger partial charge is 0.191 e. The highest BCUT2D eigenvalue weighted by Gasteiger charge is 2.13. The molecule has 5 nitrogen and oxygen atoms in total. The molecule has 1 saturated heterocycles. The van der Waals surface area contributed by atoms with Crippen LogP contribution in [-0.2, 0) is 9.47 Å². The Balaban J connectivity index is 0.00000576. The summed E-state index contributed by atoms with van der Waals surface area (Å²) in [6, 6.07) is 0. The van der Waals surface area contributed by atoms with Crippen molar-refractivity contribution in [1.29, 1.82) is 0 Å². The Morgan fingerprint density at radius 2 is 1.88 bits per heavy atom. The predicted octanol–water partition coefficient (Wildman–Crippen LogP) is 3.82. The van der Waals surface area contributed by atoms with Crippen molar-refractivity contribution in [2.75, 3.05) is 46.1 Å². The molecule has 25 heavy (non-hydrogen) atoms. The van der Waals surface area contributed by atoms with Gasteiger partial charge < -0.3 is 20.1 Å². The van der Waals surface area contributed by atoms with Crippen LogP contribution in [0, 0.1) is 11.3 Å². The summed E-state index contributed by atoms with van der Waals surface area (Å²) in [5.41, 5.74) is 0.402. The summed E-state index contributed by atoms with van der Waals surface area (Å²) in [5, 5.41) is 6.73. The second-order valence-corrected chi connectivity index (χ2v) is 7.84. The summed E-state index contributed by atoms with van der Waals surface area (Å²) >= 11 is 0. The first-order valence-electron chi connectivity index (χ1n) is 9.69. The maximum Gasteiger partial charge on any atom is 0.191 e. The predicted molar refractivity (Wildman–Crippen MR) is 117 cm³/mol. The summed E-state index contributed by atoms with van der Waals surface area (Å²) in [5.74, 6) is 1.61. The molecule has 2 N–H and O–H groups in total. The fourth-order valence-corrected chi connectivity index (χ4v) is 2.69. The van der Waals surface area contributed by atoms with Gasteiger partial charge >= 0.3 is 0 Å². The summed E-state index contributed by atoms with van der Waals surface area (Å²) in [4.78, 5) is 4.63. The van der Waals surface area contributed by atoms with Crippen molar-refractivity contribution in [2.45, 2.75) is 59.8 Å². The standard InChI is InChI=1S/C19H39N3O2.HI/c1-5-20-18(21-11-6-10-19(2,3)4)22-12-7-13-24-16-17-8-14-23-15-9-17;/h17H,5-16H2,1-4H3,(H2,20,21,22);1H. The number of nitrogens with one attached hydrogen (secondary N) is 2. The molecule has 6 heteroatoms. The molecule has 1 aliphatic heterocycles. The van der Waals surface area contributed by atoms with Crippen LogP contribution in [0.2, 0.25) is 0 Å². The zero-order valence-electron chi connectivity index (χ0n) is 16.7. The van der Waals surface area contributed by atoms with E-state index in [2.05, 4.69) is 43.3 Å². The van der Waals surface area contributed by atoms with Crippen molar-refractivity contribution in [3.63, 3.8) is 0 Å². The van der Waals surface area contributed by atoms with Gasteiger partial charge in [-0.3, -0.25) is 4.99 Å². The highest BCUT2D eigenvalue weighted by Crippen LogP contribution is 2.19. The first-order chi connectivity index (χ1) is 11.5. The summed E-state index contributed by atoms with van der Waals surface area (Å²) in [6.45, 7) is 15.1. The quantitative estimate of drug-likeness (QED) is 0.221. The van der Waals surface area contributed by atoms with E-state index in [0.29, 0.717) is 11.3 Å². The van der Waals surface area contributed by atoms with Crippen LogP contribution in [-0.4, -0.2) is 52.0 Å². The van der Waals surface area contributed by atoms with Crippen molar-refractivity contribution in [3.05, 3.63) is 0 Å². The fraction of sp³-hybridized carbons (Fsp3) is 0.947. The van der Waals surface area contributed by atoms with Gasteiger partial charge in [-0.25, -0.2) is 0 Å². The molecule has 1 heterocycles. The van der Waals surface area contributed by atoms with Gasteiger partial charge in [-0.2, -0.15) is 0 Å². The zero-order chi connectivity index (χ0) is 17.7. The lowest BCUT2D eigenvalue weighted by Gasteiger charge is -2.21. The minimum atomic E-state index is 0. The van der Waals surface area contributed by atoms with E-state index in [1.165, 1.54) is 12.8 Å². The van der Waals surface area contributed by atoms with E-state index < -0.39 is 0 Å². The van der Waals surface area contributed by atoms with Crippen LogP contribution in [0.25, 0.3) is 0 Å². The van der Waals surface area contributed by atoms with Gasteiger partial charge in [0.2, 0.25) is 0 Å². The lowest BCUT2D eigenvalue weighted by molar-refractivity contribution is 0.0205. The molecule has 0 spiro atoms. The van der Waals surface area contributed by atoms with Crippen molar-refractivity contribution >= 4 is 29.9 Å². The highest BCUT2D eigenvalue weighted by molar-refractivity contribution is 14.0. The van der Waals surface area contributed by atoms with Crippen LogP contribution in [0.15, 0.2) is 4.99 Å². The molecule has 1 fully saturated rings. The van der Waals surface area contributed by atoms with E-state index in [4.69, 9.17) is 9.47 Å². The third-order valence-electron chi connectivity index (χ3n) is 4.15. The second-order valence-electron chi connectivity index (χ2n) is 7.84. The Morgan fingerprint density at radius 1 is 1.16 bits per heavy atom. The Morgan fingerprint density at radius 3 is 2.52 bits per heavy atom. The van der Waals surface area contributed by atoms with E-state index in [-0.39, 0.29) is 24.0 Å². The van der Waals surface area contributed by atoms with Crippen LogP contribution in [0.4, 0.5) is 0 Å². The van der Waals surface area contributed by atoms with Crippen molar-refractivity contribution < 1.29 is 9.47 Å². The highest BCUT2D eigenvalue weighted by atomic mass is 127. The maximum atomic E-state index is 5.79. The van der Waals surface area contributed by atoms with Crippen LogP contribution in [0.3, 0.4) is 0 Å². The SMILES string of the molecule is CCNC(=NCCCOCC1CCOCC1)NCCCC(C)(C)C.I. The normalized spacial score (nSPS) is 16.4. The van der Waals surface area contributed by atoms with Crippen LogP contribution in [0.5, 0.6) is 0 Å². The largest absolute Gasteiger partial charge is 0.381 e. The maximum absolute atomic E-state index is 5.79. The molecule has 0 amide bonds. The second kappa shape index (κ2) is 15.0. The van der Waals surface area contributed by atoms with E-state index >= 15 is 0 Å². The number of guanidine groups is 1. The molecule has 1 rings (SSSR count). The van der Waals surface area contributed by atoms with Gasteiger partial charge in [-0.15, -0.1) is 24.0 Å². The van der Waals surface area contributed by atoms with Gasteiger partial charge in [0.25, 0.3) is 0 Å². The molecular weight excluding hydrogens is 429 g/mol. The summed E-state index contributed by atoms with van der Waals surface area (Å²) in [6.07, 6.45) is 5.64. The molecule has 150 valence electrons. The number of aliphatic imine (C=N–C) groups is 1. The van der Waals surface area contributed by atoms with Gasteiger partial charge in [0.15, 0.2) is 5.96 Å². The number of hydrogen-bond donors (Lipinski definition) is 2. The van der Waals surface area contributed by atoms with Crippen LogP contribution in [0.1, 0.15) is 59.8 Å². The lowest BCUT2D eigenvalue weighted by Crippen LogP contribution is -2.38. The van der Waals surface area contributed by atoms with Crippen molar-refractivity contribution in [1.82, 2.24) is 10.6 Å². The Kier molecular flexibility index (Phi) is 15.0. The Hall–Kier alpha value is -0.0800. The fourth-order valence-electron chi connectivity index (χ4n) is 2.69. The Bertz CT molecular complexity index is 340. The molecule has 0 atom stereocenters. The number of halogens is 1. The zero-order valence-corrected chi connectivity index (χ0v) is 19.1. The van der Waals surface area contributed by atoms with Gasteiger partial charge in [-0.1, -0.05) is 20.8 Å². The number of ether oxygens (including phenoxy) is 2. The number of nitrogens with zero attached hydrogens (tertiary/aromatic N) is 1. The molecule has 0 aromatic carbocycles. The van der Waals surface area contributed by atoms with Crippen molar-refractivity contribution in [2.24, 2.45) is 16.3 Å². The average molecular weight is 469 g/mol. The molecule has 0 aliphatic carbocycles. The number of rotatable bonds is 10.